The zero-order valence-corrected chi connectivity index (χ0v) is 51.5. The molecule has 0 saturated carbocycles. The van der Waals surface area contributed by atoms with Crippen LogP contribution >= 0.6 is 0 Å². The van der Waals surface area contributed by atoms with Crippen LogP contribution in [-0.2, 0) is 28.6 Å². The van der Waals surface area contributed by atoms with E-state index < -0.39 is 6.10 Å². The molecule has 0 amide bonds. The number of unbranched alkanes of at least 4 members (excludes halogenated alkanes) is 41. The lowest BCUT2D eigenvalue weighted by molar-refractivity contribution is -0.166. The lowest BCUT2D eigenvalue weighted by Gasteiger charge is -2.18. The Morgan fingerprint density at radius 3 is 0.870 bits per heavy atom. The molecule has 0 heterocycles. The van der Waals surface area contributed by atoms with Crippen molar-refractivity contribution in [3.8, 4) is 0 Å². The molecule has 0 bridgehead atoms. The van der Waals surface area contributed by atoms with E-state index in [1.807, 2.05) is 6.08 Å². The first kappa shape index (κ1) is 74.1. The topological polar surface area (TPSA) is 78.9 Å². The summed E-state index contributed by atoms with van der Waals surface area (Å²) >= 11 is 0. The van der Waals surface area contributed by atoms with Gasteiger partial charge < -0.3 is 14.2 Å². The van der Waals surface area contributed by atoms with E-state index in [1.165, 1.54) is 244 Å². The van der Waals surface area contributed by atoms with Gasteiger partial charge in [0.05, 0.1) is 0 Å². The van der Waals surface area contributed by atoms with Gasteiger partial charge in [-0.1, -0.05) is 326 Å². The Morgan fingerprint density at radius 1 is 0.273 bits per heavy atom. The van der Waals surface area contributed by atoms with Crippen LogP contribution in [0.1, 0.15) is 355 Å². The first-order chi connectivity index (χ1) is 38.0. The van der Waals surface area contributed by atoms with Gasteiger partial charge in [-0.2, -0.15) is 0 Å². The largest absolute Gasteiger partial charge is 0.462 e. The first-order valence-corrected chi connectivity index (χ1v) is 33.8. The van der Waals surface area contributed by atoms with Crippen molar-refractivity contribution in [2.24, 2.45) is 0 Å². The molecule has 0 saturated heterocycles. The molecule has 6 heteroatoms. The summed E-state index contributed by atoms with van der Waals surface area (Å²) in [5, 5.41) is 0. The predicted molar refractivity (Wildman–Crippen MR) is 335 cm³/mol. The number of hydrogen-bond donors (Lipinski definition) is 0. The molecule has 1 unspecified atom stereocenters. The van der Waals surface area contributed by atoms with Gasteiger partial charge in [0, 0.05) is 19.3 Å². The summed E-state index contributed by atoms with van der Waals surface area (Å²) in [4.78, 5) is 38.3. The SMILES string of the molecule is CC/C=C\C/C=C\C/C=C\C/C=C\CCC(=O)OCC(COC(=O)CCCCCCCCCCCCCCCCCCCCCCCCCCC)OC(=O)CCCCCCCCCCC/C=C\CCCCCCCCCC. The van der Waals surface area contributed by atoms with Crippen molar-refractivity contribution in [2.75, 3.05) is 13.2 Å². The lowest BCUT2D eigenvalue weighted by Crippen LogP contribution is -2.30. The van der Waals surface area contributed by atoms with Crippen LogP contribution in [0.25, 0.3) is 0 Å². The van der Waals surface area contributed by atoms with Crippen molar-refractivity contribution < 1.29 is 28.6 Å². The van der Waals surface area contributed by atoms with Crippen LogP contribution in [0.5, 0.6) is 0 Å². The van der Waals surface area contributed by atoms with E-state index in [1.54, 1.807) is 0 Å². The zero-order chi connectivity index (χ0) is 55.7. The molecule has 448 valence electrons. The van der Waals surface area contributed by atoms with E-state index in [-0.39, 0.29) is 37.5 Å². The van der Waals surface area contributed by atoms with Gasteiger partial charge >= 0.3 is 17.9 Å². The number of esters is 3. The van der Waals surface area contributed by atoms with Gasteiger partial charge in [-0.05, 0) is 70.6 Å². The number of allylic oxidation sites excluding steroid dienone is 10. The van der Waals surface area contributed by atoms with Gasteiger partial charge in [0.1, 0.15) is 13.2 Å². The molecule has 0 aromatic heterocycles. The molecule has 0 radical (unpaired) electrons. The van der Waals surface area contributed by atoms with Crippen LogP contribution in [-0.4, -0.2) is 37.2 Å². The highest BCUT2D eigenvalue weighted by molar-refractivity contribution is 5.71. The van der Waals surface area contributed by atoms with E-state index in [0.717, 1.165) is 64.2 Å². The molecular weight excluding hydrogens is 949 g/mol. The minimum Gasteiger partial charge on any atom is -0.462 e. The van der Waals surface area contributed by atoms with E-state index >= 15 is 0 Å². The van der Waals surface area contributed by atoms with Crippen molar-refractivity contribution in [2.45, 2.75) is 361 Å². The third-order valence-corrected chi connectivity index (χ3v) is 15.0. The Bertz CT molecular complexity index is 1380. The highest BCUT2D eigenvalue weighted by atomic mass is 16.6. The Hall–Kier alpha value is -2.89. The molecule has 0 spiro atoms. The van der Waals surface area contributed by atoms with Gasteiger partial charge in [0.15, 0.2) is 6.10 Å². The van der Waals surface area contributed by atoms with E-state index in [0.29, 0.717) is 19.3 Å². The number of ether oxygens (including phenoxy) is 3. The summed E-state index contributed by atoms with van der Waals surface area (Å²) in [6.45, 7) is 6.52. The molecule has 0 aliphatic heterocycles. The van der Waals surface area contributed by atoms with Gasteiger partial charge in [-0.25, -0.2) is 0 Å². The van der Waals surface area contributed by atoms with Crippen LogP contribution in [0.15, 0.2) is 60.8 Å². The molecule has 0 aliphatic rings. The van der Waals surface area contributed by atoms with E-state index in [4.69, 9.17) is 14.2 Å². The molecule has 1 atom stereocenters. The third kappa shape index (κ3) is 63.8. The van der Waals surface area contributed by atoms with Gasteiger partial charge in [0.2, 0.25) is 0 Å². The average Bonchev–Trinajstić information content (AvgIpc) is 3.43. The molecule has 0 aromatic carbocycles. The third-order valence-electron chi connectivity index (χ3n) is 15.0. The minimum atomic E-state index is -0.803. The summed E-state index contributed by atoms with van der Waals surface area (Å²) in [7, 11) is 0. The van der Waals surface area contributed by atoms with Crippen molar-refractivity contribution in [1.82, 2.24) is 0 Å². The second kappa shape index (κ2) is 65.6. The summed E-state index contributed by atoms with van der Waals surface area (Å²) in [5.41, 5.74) is 0. The van der Waals surface area contributed by atoms with Gasteiger partial charge in [0.25, 0.3) is 0 Å². The average molecular weight is 1080 g/mol. The van der Waals surface area contributed by atoms with Crippen LogP contribution < -0.4 is 0 Å². The Morgan fingerprint density at radius 2 is 0.532 bits per heavy atom. The molecule has 0 rings (SSSR count). The first-order valence-electron chi connectivity index (χ1n) is 33.8. The highest BCUT2D eigenvalue weighted by Crippen LogP contribution is 2.18. The quantitative estimate of drug-likeness (QED) is 0.0261. The highest BCUT2D eigenvalue weighted by Gasteiger charge is 2.19. The van der Waals surface area contributed by atoms with Crippen molar-refractivity contribution in [3.63, 3.8) is 0 Å². The van der Waals surface area contributed by atoms with Crippen molar-refractivity contribution >= 4 is 17.9 Å². The standard InChI is InChI=1S/C71H128O6/c1-4-7-10-13-16-19-22-25-27-29-31-33-34-35-36-38-39-41-43-46-49-52-55-58-61-64-70(73)76-67-68(66-75-69(72)63-60-57-54-51-48-45-24-21-18-15-12-9-6-3)77-71(74)65-62-59-56-53-50-47-44-42-40-37-32-30-28-26-23-20-17-14-11-8-5-2/h9,12,18,21,30,32,45,48,54,57,68H,4-8,10-11,13-17,19-20,22-29,31,33-44,46-47,49-53,55-56,58-67H2,1-3H3/b12-9-,21-18-,32-30-,48-45-,57-54-. The van der Waals surface area contributed by atoms with Crippen molar-refractivity contribution in [1.29, 1.82) is 0 Å². The summed E-state index contributed by atoms with van der Waals surface area (Å²) < 4.78 is 16.9. The molecular formula is C71H128O6. The molecule has 0 fully saturated rings. The fraction of sp³-hybridized carbons (Fsp3) is 0.817. The maximum Gasteiger partial charge on any atom is 0.306 e. The molecule has 77 heavy (non-hydrogen) atoms. The van der Waals surface area contributed by atoms with Crippen molar-refractivity contribution in [3.05, 3.63) is 60.8 Å². The monoisotopic (exact) mass is 1080 g/mol. The summed E-state index contributed by atoms with van der Waals surface area (Å²) in [6.07, 6.45) is 84.1. The maximum absolute atomic E-state index is 12.9. The molecule has 0 aromatic rings. The zero-order valence-electron chi connectivity index (χ0n) is 51.5. The second-order valence-electron chi connectivity index (χ2n) is 22.7. The fourth-order valence-electron chi connectivity index (χ4n) is 9.99. The summed E-state index contributed by atoms with van der Waals surface area (Å²) in [5.74, 6) is -0.961. The van der Waals surface area contributed by atoms with Crippen LogP contribution in [0, 0.1) is 0 Å². The Labute approximate surface area is 479 Å². The Balaban J connectivity index is 4.28. The number of carbonyl (C=O) groups is 3. The lowest BCUT2D eigenvalue weighted by atomic mass is 10.0. The van der Waals surface area contributed by atoms with Gasteiger partial charge in [-0.15, -0.1) is 0 Å². The number of carbonyl (C=O) groups excluding carboxylic acids is 3. The molecule has 6 nitrogen and oxygen atoms in total. The minimum absolute atomic E-state index is 0.0935. The maximum atomic E-state index is 12.9. The van der Waals surface area contributed by atoms with Crippen LogP contribution in [0.2, 0.25) is 0 Å². The number of hydrogen-bond acceptors (Lipinski definition) is 6. The van der Waals surface area contributed by atoms with E-state index in [2.05, 4.69) is 75.5 Å². The molecule has 0 N–H and O–H groups in total. The van der Waals surface area contributed by atoms with E-state index in [9.17, 15) is 14.4 Å². The smallest absolute Gasteiger partial charge is 0.306 e. The normalized spacial score (nSPS) is 12.4. The fourth-order valence-corrected chi connectivity index (χ4v) is 9.99. The molecule has 0 aliphatic carbocycles. The van der Waals surface area contributed by atoms with Gasteiger partial charge in [-0.3, -0.25) is 14.4 Å². The van der Waals surface area contributed by atoms with Crippen LogP contribution in [0.4, 0.5) is 0 Å². The van der Waals surface area contributed by atoms with Crippen LogP contribution in [0.3, 0.4) is 0 Å². The second-order valence-corrected chi connectivity index (χ2v) is 22.7. The predicted octanol–water partition coefficient (Wildman–Crippen LogP) is 23.1. The Kier molecular flexibility index (Phi) is 63.2. The number of rotatable bonds is 62. The summed E-state index contributed by atoms with van der Waals surface area (Å²) in [6, 6.07) is 0.